The third kappa shape index (κ3) is 3.50. The molecular formula is C16H25BrOSi. The molecule has 1 nitrogen and oxygen atoms in total. The van der Waals surface area contributed by atoms with Crippen molar-refractivity contribution in [2.45, 2.75) is 64.3 Å². The van der Waals surface area contributed by atoms with Gasteiger partial charge >= 0.3 is 0 Å². The number of benzene rings is 1. The van der Waals surface area contributed by atoms with E-state index in [0.29, 0.717) is 11.1 Å². The first-order chi connectivity index (χ1) is 8.69. The Morgan fingerprint density at radius 3 is 2.53 bits per heavy atom. The molecule has 0 spiro atoms. The summed E-state index contributed by atoms with van der Waals surface area (Å²) in [5.41, 5.74) is 2.96. The van der Waals surface area contributed by atoms with Gasteiger partial charge in [0.25, 0.3) is 0 Å². The molecule has 1 aromatic rings. The van der Waals surface area contributed by atoms with Crippen molar-refractivity contribution in [3.63, 3.8) is 0 Å². The Bertz CT molecular complexity index is 462. The molecule has 0 saturated heterocycles. The van der Waals surface area contributed by atoms with Crippen LogP contribution < -0.4 is 0 Å². The minimum atomic E-state index is -1.63. The molecule has 0 bridgehead atoms. The quantitative estimate of drug-likeness (QED) is 0.661. The fourth-order valence-electron chi connectivity index (χ4n) is 2.38. The molecule has 0 aromatic heterocycles. The van der Waals surface area contributed by atoms with Crippen LogP contribution in [0, 0.1) is 0 Å². The summed E-state index contributed by atoms with van der Waals surface area (Å²) in [6.45, 7) is 11.6. The van der Waals surface area contributed by atoms with Gasteiger partial charge in [-0.3, -0.25) is 0 Å². The molecule has 1 aliphatic rings. The Kier molecular flexibility index (Phi) is 4.29. The second-order valence-electron chi connectivity index (χ2n) is 7.16. The van der Waals surface area contributed by atoms with E-state index in [9.17, 15) is 0 Å². The largest absolute Gasteiger partial charge is 0.414 e. The van der Waals surface area contributed by atoms with Gasteiger partial charge < -0.3 is 4.43 Å². The Hall–Kier alpha value is -0.123. The molecule has 1 aromatic carbocycles. The molecule has 0 saturated carbocycles. The van der Waals surface area contributed by atoms with E-state index in [4.69, 9.17) is 4.43 Å². The maximum atomic E-state index is 6.56. The van der Waals surface area contributed by atoms with Gasteiger partial charge in [0.1, 0.15) is 0 Å². The molecule has 106 valence electrons. The normalized spacial score (nSPS) is 20.2. The summed E-state index contributed by atoms with van der Waals surface area (Å²) < 4.78 is 7.75. The van der Waals surface area contributed by atoms with Crippen LogP contribution in [0.4, 0.5) is 0 Å². The molecule has 0 heterocycles. The molecule has 3 heteroatoms. The van der Waals surface area contributed by atoms with Gasteiger partial charge in [0.2, 0.25) is 0 Å². The summed E-state index contributed by atoms with van der Waals surface area (Å²) >= 11 is 3.56. The van der Waals surface area contributed by atoms with Crippen molar-refractivity contribution in [1.82, 2.24) is 0 Å². The smallest absolute Gasteiger partial charge is 0.192 e. The summed E-state index contributed by atoms with van der Waals surface area (Å²) in [5.74, 6) is 0. The Labute approximate surface area is 127 Å². The van der Waals surface area contributed by atoms with Crippen molar-refractivity contribution in [2.24, 2.45) is 0 Å². The van der Waals surface area contributed by atoms with Crippen LogP contribution in [0.15, 0.2) is 22.7 Å². The van der Waals surface area contributed by atoms with Crippen LogP contribution >= 0.6 is 15.9 Å². The fourth-order valence-corrected chi connectivity index (χ4v) is 4.18. The van der Waals surface area contributed by atoms with Crippen LogP contribution in [0.2, 0.25) is 18.1 Å². The van der Waals surface area contributed by atoms with Crippen molar-refractivity contribution in [1.29, 1.82) is 0 Å². The van der Waals surface area contributed by atoms with E-state index < -0.39 is 8.32 Å². The summed E-state index contributed by atoms with van der Waals surface area (Å²) in [6, 6.07) is 6.66. The highest BCUT2D eigenvalue weighted by Crippen LogP contribution is 2.39. The van der Waals surface area contributed by atoms with Crippen LogP contribution in [-0.2, 0) is 17.3 Å². The van der Waals surface area contributed by atoms with Crippen LogP contribution in [0.25, 0.3) is 0 Å². The van der Waals surface area contributed by atoms with E-state index in [-0.39, 0.29) is 0 Å². The standard InChI is InChI=1S/C16H25BrOSi/c1-16(2,3)19(4,5)18-15-9-7-12-10-14(17)8-6-13(12)11-15/h6,8,10,15H,7,9,11H2,1-5H3/t15-/m0/s1. The fraction of sp³-hybridized carbons (Fsp3) is 0.625. The first-order valence-electron chi connectivity index (χ1n) is 7.14. The van der Waals surface area contributed by atoms with Gasteiger partial charge in [0, 0.05) is 10.6 Å². The van der Waals surface area contributed by atoms with Crippen LogP contribution in [0.5, 0.6) is 0 Å². The predicted octanol–water partition coefficient (Wildman–Crippen LogP) is 5.33. The van der Waals surface area contributed by atoms with Crippen molar-refractivity contribution in [2.75, 3.05) is 0 Å². The topological polar surface area (TPSA) is 9.23 Å². The van der Waals surface area contributed by atoms with Crippen LogP contribution in [0.1, 0.15) is 38.3 Å². The molecule has 1 atom stereocenters. The van der Waals surface area contributed by atoms with E-state index in [1.54, 1.807) is 0 Å². The Morgan fingerprint density at radius 2 is 1.89 bits per heavy atom. The minimum Gasteiger partial charge on any atom is -0.414 e. The minimum absolute atomic E-state index is 0.299. The summed E-state index contributed by atoms with van der Waals surface area (Å²) in [5, 5.41) is 0.299. The molecular weight excluding hydrogens is 316 g/mol. The maximum absolute atomic E-state index is 6.56. The number of halogens is 1. The van der Waals surface area contributed by atoms with Gasteiger partial charge in [0.15, 0.2) is 8.32 Å². The van der Waals surface area contributed by atoms with Gasteiger partial charge in [-0.1, -0.05) is 42.8 Å². The maximum Gasteiger partial charge on any atom is 0.192 e. The molecule has 0 unspecified atom stereocenters. The van der Waals surface area contributed by atoms with E-state index in [2.05, 4.69) is 68.0 Å². The first-order valence-corrected chi connectivity index (χ1v) is 10.8. The Balaban J connectivity index is 2.09. The van der Waals surface area contributed by atoms with Crippen LogP contribution in [-0.4, -0.2) is 14.4 Å². The highest BCUT2D eigenvalue weighted by molar-refractivity contribution is 9.10. The van der Waals surface area contributed by atoms with E-state index >= 15 is 0 Å². The third-order valence-corrected chi connectivity index (χ3v) is 9.65. The lowest BCUT2D eigenvalue weighted by Crippen LogP contribution is -2.45. The Morgan fingerprint density at radius 1 is 1.21 bits per heavy atom. The second-order valence-corrected chi connectivity index (χ2v) is 12.8. The van der Waals surface area contributed by atoms with Crippen molar-refractivity contribution in [3.8, 4) is 0 Å². The van der Waals surface area contributed by atoms with E-state index in [0.717, 1.165) is 19.3 Å². The number of hydrogen-bond acceptors (Lipinski definition) is 1. The zero-order valence-corrected chi connectivity index (χ0v) is 15.3. The van der Waals surface area contributed by atoms with Crippen molar-refractivity contribution < 1.29 is 4.43 Å². The molecule has 19 heavy (non-hydrogen) atoms. The van der Waals surface area contributed by atoms with E-state index in [1.807, 2.05) is 0 Å². The van der Waals surface area contributed by atoms with E-state index in [1.165, 1.54) is 15.6 Å². The molecule has 1 aliphatic carbocycles. The average molecular weight is 341 g/mol. The lowest BCUT2D eigenvalue weighted by atomic mass is 9.90. The highest BCUT2D eigenvalue weighted by atomic mass is 79.9. The molecule has 0 N–H and O–H groups in total. The first kappa shape index (κ1) is 15.3. The number of rotatable bonds is 2. The van der Waals surface area contributed by atoms with Gasteiger partial charge in [-0.25, -0.2) is 0 Å². The lowest BCUT2D eigenvalue weighted by molar-refractivity contribution is 0.165. The van der Waals surface area contributed by atoms with Gasteiger partial charge in [-0.05, 0) is 60.7 Å². The number of aryl methyl sites for hydroxylation is 1. The molecule has 0 radical (unpaired) electrons. The van der Waals surface area contributed by atoms with Gasteiger partial charge in [-0.2, -0.15) is 0 Å². The summed E-state index contributed by atoms with van der Waals surface area (Å²) in [7, 11) is -1.63. The molecule has 0 amide bonds. The van der Waals surface area contributed by atoms with Crippen molar-refractivity contribution in [3.05, 3.63) is 33.8 Å². The van der Waals surface area contributed by atoms with Gasteiger partial charge in [0.05, 0.1) is 0 Å². The third-order valence-electron chi connectivity index (χ3n) is 4.62. The number of fused-ring (bicyclic) bond motifs is 1. The second kappa shape index (κ2) is 5.34. The molecule has 2 rings (SSSR count). The zero-order valence-electron chi connectivity index (χ0n) is 12.7. The molecule has 0 aliphatic heterocycles. The highest BCUT2D eigenvalue weighted by Gasteiger charge is 2.39. The lowest BCUT2D eigenvalue weighted by Gasteiger charge is -2.40. The molecule has 0 fully saturated rings. The summed E-state index contributed by atoms with van der Waals surface area (Å²) in [4.78, 5) is 0. The number of hydrogen-bond donors (Lipinski definition) is 0. The summed E-state index contributed by atoms with van der Waals surface area (Å²) in [6.07, 6.45) is 3.80. The van der Waals surface area contributed by atoms with Gasteiger partial charge in [-0.15, -0.1) is 0 Å². The average Bonchev–Trinajstić information content (AvgIpc) is 2.27. The SMILES string of the molecule is CC(C)(C)[Si](C)(C)O[C@H]1CCc2cc(Br)ccc2C1. The van der Waals surface area contributed by atoms with Crippen molar-refractivity contribution >= 4 is 24.2 Å². The monoisotopic (exact) mass is 340 g/mol. The zero-order chi connectivity index (χ0) is 14.3. The predicted molar refractivity (Wildman–Crippen MR) is 88.2 cm³/mol. The van der Waals surface area contributed by atoms with Crippen LogP contribution in [0.3, 0.4) is 0 Å².